The van der Waals surface area contributed by atoms with Gasteiger partial charge in [0.1, 0.15) is 0 Å². The van der Waals surface area contributed by atoms with Crippen molar-refractivity contribution in [1.29, 1.82) is 0 Å². The van der Waals surface area contributed by atoms with E-state index in [1.807, 2.05) is 0 Å². The van der Waals surface area contributed by atoms with Crippen LogP contribution in [0.2, 0.25) is 0 Å². The minimum Gasteiger partial charge on any atom is -0.398 e. The highest BCUT2D eigenvalue weighted by Crippen LogP contribution is 2.41. The van der Waals surface area contributed by atoms with Gasteiger partial charge in [-0.05, 0) is 23.8 Å². The van der Waals surface area contributed by atoms with Crippen LogP contribution in [-0.2, 0) is 9.84 Å². The molecule has 4 N–H and O–H groups in total. The van der Waals surface area contributed by atoms with E-state index in [9.17, 15) is 8.42 Å². The van der Waals surface area contributed by atoms with E-state index in [0.29, 0.717) is 16.8 Å². The van der Waals surface area contributed by atoms with Gasteiger partial charge in [0, 0.05) is 11.3 Å². The summed E-state index contributed by atoms with van der Waals surface area (Å²) in [5.41, 5.74) is 13.5. The van der Waals surface area contributed by atoms with Crippen LogP contribution in [0.4, 0.5) is 5.69 Å². The summed E-state index contributed by atoms with van der Waals surface area (Å²) in [6.45, 7) is 0. The Morgan fingerprint density at radius 1 is 0.944 bits per heavy atom. The monoisotopic (exact) mass is 260 g/mol. The third-order valence-corrected chi connectivity index (χ3v) is 5.13. The van der Waals surface area contributed by atoms with Gasteiger partial charge in [-0.2, -0.15) is 0 Å². The van der Waals surface area contributed by atoms with Gasteiger partial charge in [0.15, 0.2) is 0 Å². The summed E-state index contributed by atoms with van der Waals surface area (Å²) >= 11 is 0. The third kappa shape index (κ3) is 1.31. The van der Waals surface area contributed by atoms with Crippen LogP contribution in [0.3, 0.4) is 0 Å². The van der Waals surface area contributed by atoms with E-state index in [0.717, 1.165) is 0 Å². The standard InChI is InChI=1S/C13H12N2O2S/c14-9-5-3-7-11-12(9)13(15)8-4-1-2-6-10(8)18(11,16)17/h1-7,13H,14-15H2. The molecular formula is C13H12N2O2S. The Morgan fingerprint density at radius 2 is 1.61 bits per heavy atom. The molecule has 5 heteroatoms. The van der Waals surface area contributed by atoms with Gasteiger partial charge in [0.25, 0.3) is 0 Å². The molecule has 1 atom stereocenters. The number of hydrogen-bond donors (Lipinski definition) is 2. The summed E-state index contributed by atoms with van der Waals surface area (Å²) in [4.78, 5) is 0.490. The number of anilines is 1. The first kappa shape index (κ1) is 11.3. The summed E-state index contributed by atoms with van der Waals surface area (Å²) in [5.74, 6) is 0. The van der Waals surface area contributed by atoms with E-state index in [4.69, 9.17) is 11.5 Å². The van der Waals surface area contributed by atoms with Gasteiger partial charge in [0.05, 0.1) is 15.8 Å². The van der Waals surface area contributed by atoms with Crippen LogP contribution in [0.25, 0.3) is 0 Å². The first-order valence-corrected chi connectivity index (χ1v) is 7.00. The number of nitrogen functional groups attached to an aromatic ring is 1. The number of benzene rings is 2. The molecule has 1 unspecified atom stereocenters. The minimum atomic E-state index is -3.52. The Kier molecular flexibility index (Phi) is 2.23. The van der Waals surface area contributed by atoms with Gasteiger partial charge < -0.3 is 11.5 Å². The Balaban J connectivity index is 2.45. The van der Waals surface area contributed by atoms with Gasteiger partial charge in [-0.1, -0.05) is 24.3 Å². The molecule has 0 amide bonds. The van der Waals surface area contributed by atoms with Crippen LogP contribution >= 0.6 is 0 Å². The number of sulfone groups is 1. The van der Waals surface area contributed by atoms with Gasteiger partial charge >= 0.3 is 0 Å². The van der Waals surface area contributed by atoms with Crippen molar-refractivity contribution in [1.82, 2.24) is 0 Å². The largest absolute Gasteiger partial charge is 0.398 e. The van der Waals surface area contributed by atoms with E-state index >= 15 is 0 Å². The molecule has 0 saturated carbocycles. The first-order valence-electron chi connectivity index (χ1n) is 5.51. The molecular weight excluding hydrogens is 248 g/mol. The van der Waals surface area contributed by atoms with Crippen LogP contribution in [-0.4, -0.2) is 8.42 Å². The molecule has 0 spiro atoms. The maximum atomic E-state index is 12.5. The maximum Gasteiger partial charge on any atom is 0.207 e. The SMILES string of the molecule is Nc1cccc2c1C(N)c1ccccc1S2(=O)=O. The molecule has 1 aliphatic rings. The molecule has 18 heavy (non-hydrogen) atoms. The lowest BCUT2D eigenvalue weighted by molar-refractivity contribution is 0.587. The molecule has 92 valence electrons. The summed E-state index contributed by atoms with van der Waals surface area (Å²) in [7, 11) is -3.52. The summed E-state index contributed by atoms with van der Waals surface area (Å²) < 4.78 is 25.0. The summed E-state index contributed by atoms with van der Waals surface area (Å²) in [6, 6.07) is 11.1. The number of fused-ring (bicyclic) bond motifs is 2. The average molecular weight is 260 g/mol. The van der Waals surface area contributed by atoms with Gasteiger partial charge in [0.2, 0.25) is 9.84 Å². The molecule has 0 saturated heterocycles. The molecule has 0 bridgehead atoms. The lowest BCUT2D eigenvalue weighted by atomic mass is 9.97. The molecule has 0 aromatic heterocycles. The fourth-order valence-corrected chi connectivity index (χ4v) is 4.18. The normalized spacial score (nSPS) is 19.9. The van der Waals surface area contributed by atoms with Crippen LogP contribution in [0.15, 0.2) is 52.3 Å². The number of nitrogens with two attached hydrogens (primary N) is 2. The average Bonchev–Trinajstić information content (AvgIpc) is 2.36. The predicted octanol–water partition coefficient (Wildman–Crippen LogP) is 1.46. The van der Waals surface area contributed by atoms with E-state index < -0.39 is 15.9 Å². The van der Waals surface area contributed by atoms with Crippen LogP contribution in [0.5, 0.6) is 0 Å². The maximum absolute atomic E-state index is 12.5. The van der Waals surface area contributed by atoms with Crippen molar-refractivity contribution in [3.05, 3.63) is 53.6 Å². The van der Waals surface area contributed by atoms with Crippen molar-refractivity contribution < 1.29 is 8.42 Å². The Morgan fingerprint density at radius 3 is 2.39 bits per heavy atom. The molecule has 4 nitrogen and oxygen atoms in total. The summed E-state index contributed by atoms with van der Waals surface area (Å²) in [5, 5.41) is 0. The second-order valence-electron chi connectivity index (χ2n) is 4.28. The highest BCUT2D eigenvalue weighted by molar-refractivity contribution is 7.91. The van der Waals surface area contributed by atoms with Crippen LogP contribution in [0.1, 0.15) is 17.2 Å². The Bertz CT molecular complexity index is 738. The smallest absolute Gasteiger partial charge is 0.207 e. The van der Waals surface area contributed by atoms with Crippen molar-refractivity contribution in [2.24, 2.45) is 5.73 Å². The minimum absolute atomic E-state index is 0.216. The Labute approximate surface area is 105 Å². The molecule has 0 fully saturated rings. The highest BCUT2D eigenvalue weighted by atomic mass is 32.2. The predicted molar refractivity (Wildman–Crippen MR) is 68.8 cm³/mol. The van der Waals surface area contributed by atoms with E-state index in [2.05, 4.69) is 0 Å². The van der Waals surface area contributed by atoms with Crippen LogP contribution in [0, 0.1) is 0 Å². The zero-order chi connectivity index (χ0) is 12.9. The van der Waals surface area contributed by atoms with Crippen LogP contribution < -0.4 is 11.5 Å². The zero-order valence-electron chi connectivity index (χ0n) is 9.50. The number of rotatable bonds is 0. The first-order chi connectivity index (χ1) is 8.53. The van der Waals surface area contributed by atoms with Crippen molar-refractivity contribution in [3.8, 4) is 0 Å². The van der Waals surface area contributed by atoms with Crippen molar-refractivity contribution in [2.75, 3.05) is 5.73 Å². The quantitative estimate of drug-likeness (QED) is 0.702. The molecule has 1 aliphatic heterocycles. The topological polar surface area (TPSA) is 86.2 Å². The van der Waals surface area contributed by atoms with Crippen molar-refractivity contribution in [2.45, 2.75) is 15.8 Å². The van der Waals surface area contributed by atoms with Crippen molar-refractivity contribution in [3.63, 3.8) is 0 Å². The van der Waals surface area contributed by atoms with Crippen molar-refractivity contribution >= 4 is 15.5 Å². The molecule has 1 heterocycles. The second-order valence-corrected chi connectivity index (χ2v) is 6.16. The molecule has 0 radical (unpaired) electrons. The van der Waals surface area contributed by atoms with Gasteiger partial charge in [-0.3, -0.25) is 0 Å². The van der Waals surface area contributed by atoms with E-state index in [1.54, 1.807) is 42.5 Å². The zero-order valence-corrected chi connectivity index (χ0v) is 10.3. The lowest BCUT2D eigenvalue weighted by Gasteiger charge is -2.26. The fraction of sp³-hybridized carbons (Fsp3) is 0.0769. The lowest BCUT2D eigenvalue weighted by Crippen LogP contribution is -2.25. The van der Waals surface area contributed by atoms with Gasteiger partial charge in [-0.15, -0.1) is 0 Å². The number of hydrogen-bond acceptors (Lipinski definition) is 4. The van der Waals surface area contributed by atoms with E-state index in [-0.39, 0.29) is 9.79 Å². The highest BCUT2D eigenvalue weighted by Gasteiger charge is 2.34. The molecule has 2 aromatic rings. The molecule has 2 aromatic carbocycles. The Hall–Kier alpha value is -1.85. The fourth-order valence-electron chi connectivity index (χ4n) is 2.38. The molecule has 0 aliphatic carbocycles. The molecule has 3 rings (SSSR count). The van der Waals surface area contributed by atoms with E-state index in [1.165, 1.54) is 0 Å². The van der Waals surface area contributed by atoms with Gasteiger partial charge in [-0.25, -0.2) is 8.42 Å². The summed E-state index contributed by atoms with van der Waals surface area (Å²) in [6.07, 6.45) is 0. The third-order valence-electron chi connectivity index (χ3n) is 3.24. The second kappa shape index (κ2) is 3.57.